The van der Waals surface area contributed by atoms with Crippen LogP contribution >= 0.6 is 0 Å². The first kappa shape index (κ1) is 36.4. The van der Waals surface area contributed by atoms with Gasteiger partial charge in [-0.3, -0.25) is 19.2 Å². The zero-order chi connectivity index (χ0) is 37.3. The quantitative estimate of drug-likeness (QED) is 0.167. The normalized spacial score (nSPS) is 17.1. The van der Waals surface area contributed by atoms with Crippen LogP contribution in [-0.4, -0.2) is 68.9 Å². The molecule has 0 unspecified atom stereocenters. The van der Waals surface area contributed by atoms with E-state index in [4.69, 9.17) is 9.72 Å². The Morgan fingerprint density at radius 2 is 1.73 bits per heavy atom. The zero-order valence-corrected chi connectivity index (χ0v) is 30.2. The number of likely N-dealkylation sites (N-methyl/N-ethyl adjacent to an activating group) is 1. The monoisotopic (exact) mass is 707 g/mol. The lowest BCUT2D eigenvalue weighted by Gasteiger charge is -2.31. The van der Waals surface area contributed by atoms with Crippen molar-refractivity contribution >= 4 is 34.6 Å². The molecule has 2 aromatic carbocycles. The van der Waals surface area contributed by atoms with Gasteiger partial charge in [-0.2, -0.15) is 0 Å². The molecule has 0 spiro atoms. The van der Waals surface area contributed by atoms with Gasteiger partial charge in [-0.05, 0) is 48.4 Å². The summed E-state index contributed by atoms with van der Waals surface area (Å²) < 4.78 is 6.84. The van der Waals surface area contributed by atoms with Crippen LogP contribution in [0.2, 0.25) is 0 Å². The number of benzene rings is 2. The number of carbonyl (C=O) groups is 4. The second kappa shape index (κ2) is 14.7. The highest BCUT2D eigenvalue weighted by atomic mass is 16.6. The van der Waals surface area contributed by atoms with Crippen molar-refractivity contribution in [3.63, 3.8) is 0 Å². The number of aromatic nitrogens is 2. The molecule has 3 amide bonds. The smallest absolute Gasteiger partial charge is 0.343 e. The molecule has 12 heteroatoms. The highest BCUT2D eigenvalue weighted by Crippen LogP contribution is 2.40. The summed E-state index contributed by atoms with van der Waals surface area (Å²) in [6.07, 6.45) is 1.16. The fourth-order valence-corrected chi connectivity index (χ4v) is 7.32. The third kappa shape index (κ3) is 6.94. The van der Waals surface area contributed by atoms with Crippen molar-refractivity contribution < 1.29 is 29.0 Å². The van der Waals surface area contributed by atoms with Gasteiger partial charge in [-0.1, -0.05) is 69.3 Å². The van der Waals surface area contributed by atoms with Crippen LogP contribution in [0.25, 0.3) is 22.3 Å². The lowest BCUT2D eigenvalue weighted by molar-refractivity contribution is -0.172. The summed E-state index contributed by atoms with van der Waals surface area (Å²) in [6.45, 7) is 7.32. The summed E-state index contributed by atoms with van der Waals surface area (Å²) in [4.78, 5) is 72.7. The van der Waals surface area contributed by atoms with Crippen LogP contribution in [0.3, 0.4) is 0 Å². The second-order valence-corrected chi connectivity index (χ2v) is 14.2. The fourth-order valence-electron chi connectivity index (χ4n) is 7.32. The van der Waals surface area contributed by atoms with Gasteiger partial charge >= 0.3 is 5.97 Å². The number of amides is 3. The van der Waals surface area contributed by atoms with Gasteiger partial charge in [0.2, 0.25) is 17.7 Å². The predicted molar refractivity (Wildman–Crippen MR) is 195 cm³/mol. The maximum atomic E-state index is 14.0. The van der Waals surface area contributed by atoms with E-state index in [2.05, 4.69) is 10.6 Å². The molecule has 2 aliphatic rings. The molecule has 0 saturated heterocycles. The van der Waals surface area contributed by atoms with Crippen molar-refractivity contribution in [2.24, 2.45) is 5.92 Å². The summed E-state index contributed by atoms with van der Waals surface area (Å²) in [7, 11) is 1.70. The molecular formula is C40H45N5O7. The Hall–Kier alpha value is -5.36. The summed E-state index contributed by atoms with van der Waals surface area (Å²) in [6, 6.07) is 17.1. The van der Waals surface area contributed by atoms with Crippen LogP contribution in [0.4, 0.5) is 0 Å². The molecule has 3 N–H and O–H groups in total. The minimum atomic E-state index is -1.93. The lowest BCUT2D eigenvalue weighted by Crippen LogP contribution is -2.54. The fraction of sp³-hybridized carbons (Fsp3) is 0.400. The van der Waals surface area contributed by atoms with Crippen LogP contribution in [0, 0.1) is 5.92 Å². The molecule has 0 saturated carbocycles. The van der Waals surface area contributed by atoms with Crippen molar-refractivity contribution in [3.8, 4) is 11.4 Å². The molecule has 2 aromatic heterocycles. The minimum Gasteiger partial charge on any atom is -0.458 e. The van der Waals surface area contributed by atoms with E-state index in [-0.39, 0.29) is 60.4 Å². The number of hydrogen-bond donors (Lipinski definition) is 3. The standard InChI is InChI=1S/C40H45N5O7/c1-6-40(51)30-20-34-35-28(21-45(34)37(48)29(30)22-52-39(40)50)26(27-14-10-11-15-31(27)42-35)16-17-44(5)38(49)33(18-23(2)3)43-36(47)32(41-24(4)46)19-25-12-8-7-9-13-25/h7-15,20,23,32-33,51H,6,16-19,21-22H2,1-5H3,(H,41,46)(H,43,47)/t32-,33-,40-/m0/s1. The average molecular weight is 708 g/mol. The highest BCUT2D eigenvalue weighted by Gasteiger charge is 2.45. The van der Waals surface area contributed by atoms with Gasteiger partial charge in [0.15, 0.2) is 5.60 Å². The van der Waals surface area contributed by atoms with E-state index in [0.717, 1.165) is 22.1 Å². The van der Waals surface area contributed by atoms with E-state index < -0.39 is 29.6 Å². The molecule has 4 heterocycles. The molecular weight excluding hydrogens is 662 g/mol. The van der Waals surface area contributed by atoms with Gasteiger partial charge in [-0.25, -0.2) is 9.78 Å². The zero-order valence-electron chi connectivity index (χ0n) is 30.2. The number of ether oxygens (including phenoxy) is 1. The molecule has 6 rings (SSSR count). The summed E-state index contributed by atoms with van der Waals surface area (Å²) in [5.41, 5.74) is 2.68. The van der Waals surface area contributed by atoms with Gasteiger partial charge < -0.3 is 29.9 Å². The first-order valence-corrected chi connectivity index (χ1v) is 17.8. The number of cyclic esters (lactones) is 1. The van der Waals surface area contributed by atoms with Gasteiger partial charge in [0.1, 0.15) is 18.7 Å². The van der Waals surface area contributed by atoms with E-state index in [0.29, 0.717) is 36.3 Å². The van der Waals surface area contributed by atoms with E-state index in [1.807, 2.05) is 68.4 Å². The molecule has 0 fully saturated rings. The topological polar surface area (TPSA) is 160 Å². The number of para-hydroxylation sites is 1. The number of esters is 1. The number of aliphatic hydroxyl groups is 1. The Labute approximate surface area is 302 Å². The van der Waals surface area contributed by atoms with Gasteiger partial charge in [0.05, 0.1) is 29.0 Å². The van der Waals surface area contributed by atoms with E-state index in [9.17, 15) is 29.1 Å². The third-order valence-corrected chi connectivity index (χ3v) is 10.1. The van der Waals surface area contributed by atoms with Crippen LogP contribution in [0.15, 0.2) is 65.5 Å². The van der Waals surface area contributed by atoms with Crippen molar-refractivity contribution in [2.45, 2.75) is 84.2 Å². The molecule has 4 aromatic rings. The average Bonchev–Trinajstić information content (AvgIpc) is 3.49. The van der Waals surface area contributed by atoms with Gasteiger partial charge in [-0.15, -0.1) is 0 Å². The summed E-state index contributed by atoms with van der Waals surface area (Å²) in [5, 5.41) is 17.9. The largest absolute Gasteiger partial charge is 0.458 e. The maximum Gasteiger partial charge on any atom is 0.343 e. The van der Waals surface area contributed by atoms with Crippen LogP contribution in [-0.2, 0) is 55.5 Å². The number of nitrogens with zero attached hydrogens (tertiary/aromatic N) is 3. The van der Waals surface area contributed by atoms with Gasteiger partial charge in [0, 0.05) is 43.5 Å². The number of rotatable bonds is 12. The molecule has 52 heavy (non-hydrogen) atoms. The van der Waals surface area contributed by atoms with Crippen LogP contribution in [0.1, 0.15) is 68.4 Å². The lowest BCUT2D eigenvalue weighted by atomic mass is 9.86. The molecule has 272 valence electrons. The Bertz CT molecular complexity index is 2110. The van der Waals surface area contributed by atoms with Gasteiger partial charge in [0.25, 0.3) is 5.56 Å². The highest BCUT2D eigenvalue weighted by molar-refractivity contribution is 5.92. The molecule has 0 bridgehead atoms. The van der Waals surface area contributed by atoms with Crippen molar-refractivity contribution in [1.82, 2.24) is 25.1 Å². The number of hydrogen-bond acceptors (Lipinski definition) is 8. The van der Waals surface area contributed by atoms with Crippen molar-refractivity contribution in [3.05, 3.63) is 98.8 Å². The Kier molecular flexibility index (Phi) is 10.3. The molecule has 0 aliphatic carbocycles. The SMILES string of the molecule is CC[C@@]1(O)C(=O)OCc2c1cc1n(c2=O)Cc2c-1nc1ccccc1c2CCN(C)C(=O)[C@H](CC(C)C)NC(=O)[C@H](Cc1ccccc1)NC(C)=O. The number of pyridine rings is 2. The molecule has 3 atom stereocenters. The molecule has 2 aliphatic heterocycles. The molecule has 12 nitrogen and oxygen atoms in total. The Morgan fingerprint density at radius 3 is 2.42 bits per heavy atom. The van der Waals surface area contributed by atoms with E-state index >= 15 is 0 Å². The Morgan fingerprint density at radius 1 is 1.02 bits per heavy atom. The number of carbonyl (C=O) groups excluding carboxylic acids is 4. The third-order valence-electron chi connectivity index (χ3n) is 10.1. The van der Waals surface area contributed by atoms with E-state index in [1.165, 1.54) is 6.92 Å². The first-order chi connectivity index (χ1) is 24.8. The predicted octanol–water partition coefficient (Wildman–Crippen LogP) is 3.36. The van der Waals surface area contributed by atoms with E-state index in [1.54, 1.807) is 29.5 Å². The van der Waals surface area contributed by atoms with Crippen LogP contribution in [0.5, 0.6) is 0 Å². The molecule has 0 radical (unpaired) electrons. The number of fused-ring (bicyclic) bond motifs is 5. The second-order valence-electron chi connectivity index (χ2n) is 14.2. The summed E-state index contributed by atoms with van der Waals surface area (Å²) in [5.74, 6) is -1.72. The van der Waals surface area contributed by atoms with Crippen molar-refractivity contribution in [2.75, 3.05) is 13.6 Å². The summed E-state index contributed by atoms with van der Waals surface area (Å²) >= 11 is 0. The minimum absolute atomic E-state index is 0.0462. The maximum absolute atomic E-state index is 14.0. The van der Waals surface area contributed by atoms with Crippen molar-refractivity contribution in [1.29, 1.82) is 0 Å². The first-order valence-electron chi connectivity index (χ1n) is 17.8. The Balaban J connectivity index is 1.27. The number of nitrogens with one attached hydrogen (secondary N) is 2. The van der Waals surface area contributed by atoms with Crippen LogP contribution < -0.4 is 16.2 Å².